The minimum Gasteiger partial charge on any atom is -0.294 e. The Kier molecular flexibility index (Phi) is 2.99. The van der Waals surface area contributed by atoms with Gasteiger partial charge in [0.25, 0.3) is 0 Å². The van der Waals surface area contributed by atoms with E-state index >= 15 is 0 Å². The lowest BCUT2D eigenvalue weighted by atomic mass is 10.1. The summed E-state index contributed by atoms with van der Waals surface area (Å²) in [6.07, 6.45) is 0. The summed E-state index contributed by atoms with van der Waals surface area (Å²) < 4.78 is 50.4. The molecule has 0 heterocycles. The average molecular weight is 242 g/mol. The summed E-state index contributed by atoms with van der Waals surface area (Å²) in [5.41, 5.74) is 0.579. The molecule has 0 saturated carbocycles. The lowest BCUT2D eigenvalue weighted by molar-refractivity contribution is -0.00618. The molecule has 2 aromatic carbocycles. The first-order chi connectivity index (χ1) is 8.11. The van der Waals surface area contributed by atoms with Gasteiger partial charge in [-0.3, -0.25) is 4.94 Å². The molecule has 2 rings (SSSR count). The predicted molar refractivity (Wildman–Crippen MR) is 53.5 cm³/mol. The van der Waals surface area contributed by atoms with Gasteiger partial charge in [-0.05, 0) is 35.4 Å². The molecule has 0 atom stereocenters. The zero-order chi connectivity index (χ0) is 12.4. The number of halogens is 4. The Balaban J connectivity index is 2.45. The van der Waals surface area contributed by atoms with Crippen LogP contribution in [-0.4, -0.2) is 0 Å². The highest BCUT2D eigenvalue weighted by Crippen LogP contribution is 2.25. The molecule has 0 unspecified atom stereocenters. The molecule has 0 saturated heterocycles. The zero-order valence-corrected chi connectivity index (χ0v) is 8.38. The molecule has 88 valence electrons. The van der Waals surface area contributed by atoms with Gasteiger partial charge in [0.15, 0.2) is 23.2 Å². The fraction of sp³-hybridized carbons (Fsp3) is 0. The molecule has 0 aliphatic heterocycles. The Hall–Kier alpha value is -2.04. The first kappa shape index (κ1) is 11.4. The molecule has 0 N–H and O–H groups in total. The van der Waals surface area contributed by atoms with Crippen LogP contribution in [0.25, 0.3) is 11.1 Å². The van der Waals surface area contributed by atoms with Crippen LogP contribution in [0.2, 0.25) is 0 Å². The van der Waals surface area contributed by atoms with Crippen molar-refractivity contribution in [3.63, 3.8) is 0 Å². The van der Waals surface area contributed by atoms with Crippen molar-refractivity contribution in [3.8, 4) is 16.9 Å². The van der Waals surface area contributed by atoms with Gasteiger partial charge < -0.3 is 0 Å². The number of benzene rings is 2. The molecule has 17 heavy (non-hydrogen) atoms. The standard InChI is InChI=1S/C12H6F4O/c13-10-5-8(6-11(14)12(10)15)7-1-3-9(17-16)4-2-7/h1-6H. The fourth-order valence-corrected chi connectivity index (χ4v) is 1.42. The fourth-order valence-electron chi connectivity index (χ4n) is 1.42. The van der Waals surface area contributed by atoms with Gasteiger partial charge in [0.2, 0.25) is 0 Å². The maximum atomic E-state index is 13.0. The number of hydrogen-bond donors (Lipinski definition) is 0. The summed E-state index contributed by atoms with van der Waals surface area (Å²) in [5.74, 6) is -4.09. The molecular weight excluding hydrogens is 236 g/mol. The molecule has 0 aromatic heterocycles. The third kappa shape index (κ3) is 2.22. The van der Waals surface area contributed by atoms with E-state index in [1.807, 2.05) is 0 Å². The van der Waals surface area contributed by atoms with E-state index < -0.39 is 17.5 Å². The van der Waals surface area contributed by atoms with Crippen LogP contribution in [0, 0.1) is 17.5 Å². The van der Waals surface area contributed by atoms with Crippen LogP contribution in [0.5, 0.6) is 5.75 Å². The molecule has 0 fully saturated rings. The van der Waals surface area contributed by atoms with E-state index in [2.05, 4.69) is 4.94 Å². The van der Waals surface area contributed by atoms with Crippen molar-refractivity contribution >= 4 is 0 Å². The Morgan fingerprint density at radius 3 is 1.76 bits per heavy atom. The summed E-state index contributed by atoms with van der Waals surface area (Å²) in [7, 11) is 0. The first-order valence-electron chi connectivity index (χ1n) is 4.65. The van der Waals surface area contributed by atoms with E-state index in [9.17, 15) is 17.7 Å². The molecule has 0 aliphatic carbocycles. The van der Waals surface area contributed by atoms with Gasteiger partial charge in [-0.2, -0.15) is 0 Å². The summed E-state index contributed by atoms with van der Waals surface area (Å²) in [6.45, 7) is 0. The molecule has 0 amide bonds. The van der Waals surface area contributed by atoms with Crippen LogP contribution in [0.4, 0.5) is 17.7 Å². The van der Waals surface area contributed by atoms with E-state index in [4.69, 9.17) is 0 Å². The monoisotopic (exact) mass is 242 g/mol. The molecule has 1 nitrogen and oxygen atoms in total. The lowest BCUT2D eigenvalue weighted by Crippen LogP contribution is -1.91. The second kappa shape index (κ2) is 4.45. The molecule has 5 heteroatoms. The van der Waals surface area contributed by atoms with Crippen LogP contribution >= 0.6 is 0 Å². The lowest BCUT2D eigenvalue weighted by Gasteiger charge is -2.04. The van der Waals surface area contributed by atoms with Crippen molar-refractivity contribution in [2.75, 3.05) is 0 Å². The van der Waals surface area contributed by atoms with Gasteiger partial charge in [-0.15, -0.1) is 0 Å². The highest BCUT2D eigenvalue weighted by atomic mass is 19.3. The summed E-state index contributed by atoms with van der Waals surface area (Å²) in [5, 5.41) is 0. The van der Waals surface area contributed by atoms with Crippen LogP contribution in [0.3, 0.4) is 0 Å². The van der Waals surface area contributed by atoms with Crippen molar-refractivity contribution in [1.82, 2.24) is 0 Å². The van der Waals surface area contributed by atoms with Gasteiger partial charge >= 0.3 is 0 Å². The largest absolute Gasteiger partial charge is 0.294 e. The van der Waals surface area contributed by atoms with Gasteiger partial charge in [0.05, 0.1) is 0 Å². The van der Waals surface area contributed by atoms with E-state index in [0.717, 1.165) is 12.1 Å². The molecule has 0 spiro atoms. The van der Waals surface area contributed by atoms with Crippen molar-refractivity contribution in [2.45, 2.75) is 0 Å². The quantitative estimate of drug-likeness (QED) is 0.570. The van der Waals surface area contributed by atoms with Crippen molar-refractivity contribution in [1.29, 1.82) is 0 Å². The topological polar surface area (TPSA) is 9.23 Å². The molecule has 0 aliphatic rings. The average Bonchev–Trinajstić information content (AvgIpc) is 2.35. The van der Waals surface area contributed by atoms with Crippen LogP contribution in [-0.2, 0) is 0 Å². The Bertz CT molecular complexity index is 514. The molecule has 0 bridgehead atoms. The normalized spacial score (nSPS) is 10.4. The van der Waals surface area contributed by atoms with Crippen molar-refractivity contribution in [3.05, 3.63) is 53.8 Å². The van der Waals surface area contributed by atoms with Gasteiger partial charge in [0, 0.05) is 4.53 Å². The predicted octanol–water partition coefficient (Wildman–Crippen LogP) is 4.03. The van der Waals surface area contributed by atoms with E-state index in [-0.39, 0.29) is 11.3 Å². The summed E-state index contributed by atoms with van der Waals surface area (Å²) >= 11 is 0. The second-order valence-electron chi connectivity index (χ2n) is 3.36. The van der Waals surface area contributed by atoms with E-state index in [1.54, 1.807) is 0 Å². The maximum Gasteiger partial charge on any atom is 0.194 e. The Morgan fingerprint density at radius 2 is 1.29 bits per heavy atom. The van der Waals surface area contributed by atoms with E-state index in [0.29, 0.717) is 5.56 Å². The minimum atomic E-state index is -1.52. The van der Waals surface area contributed by atoms with Crippen molar-refractivity contribution < 1.29 is 22.6 Å². The third-order valence-corrected chi connectivity index (χ3v) is 2.26. The van der Waals surface area contributed by atoms with Crippen LogP contribution in [0.1, 0.15) is 0 Å². The Morgan fingerprint density at radius 1 is 0.765 bits per heavy atom. The zero-order valence-electron chi connectivity index (χ0n) is 8.38. The maximum absolute atomic E-state index is 13.0. The molecule has 0 radical (unpaired) electrons. The SMILES string of the molecule is FOc1ccc(-c2cc(F)c(F)c(F)c2)cc1. The number of rotatable bonds is 2. The van der Waals surface area contributed by atoms with Gasteiger partial charge in [0.1, 0.15) is 0 Å². The second-order valence-corrected chi connectivity index (χ2v) is 3.36. The van der Waals surface area contributed by atoms with E-state index in [1.165, 1.54) is 24.3 Å². The van der Waals surface area contributed by atoms with Crippen LogP contribution in [0.15, 0.2) is 36.4 Å². The van der Waals surface area contributed by atoms with Gasteiger partial charge in [-0.25, -0.2) is 13.2 Å². The third-order valence-electron chi connectivity index (χ3n) is 2.26. The highest BCUT2D eigenvalue weighted by Gasteiger charge is 2.11. The highest BCUT2D eigenvalue weighted by molar-refractivity contribution is 5.64. The molecule has 2 aromatic rings. The molecular formula is C12H6F4O. The summed E-state index contributed by atoms with van der Waals surface area (Å²) in [6, 6.07) is 7.11. The summed E-state index contributed by atoms with van der Waals surface area (Å²) in [4.78, 5) is 3.46. The Labute approximate surface area is 94.2 Å². The van der Waals surface area contributed by atoms with Gasteiger partial charge in [-0.1, -0.05) is 12.1 Å². The smallest absolute Gasteiger partial charge is 0.194 e. The first-order valence-corrected chi connectivity index (χ1v) is 4.65. The number of hydrogen-bond acceptors (Lipinski definition) is 1. The minimum absolute atomic E-state index is 0.0307. The van der Waals surface area contributed by atoms with Crippen molar-refractivity contribution in [2.24, 2.45) is 0 Å². The van der Waals surface area contributed by atoms with Crippen LogP contribution < -0.4 is 4.94 Å².